The van der Waals surface area contributed by atoms with Crippen molar-refractivity contribution in [2.45, 2.75) is 31.7 Å². The van der Waals surface area contributed by atoms with Crippen molar-refractivity contribution >= 4 is 28.4 Å². The number of nitrogens with one attached hydrogen (secondary N) is 2. The van der Waals surface area contributed by atoms with Gasteiger partial charge in [-0.05, 0) is 43.0 Å². The van der Waals surface area contributed by atoms with E-state index >= 15 is 0 Å². The van der Waals surface area contributed by atoms with Gasteiger partial charge in [-0.3, -0.25) is 4.79 Å². The van der Waals surface area contributed by atoms with Crippen molar-refractivity contribution in [1.29, 1.82) is 0 Å². The van der Waals surface area contributed by atoms with Crippen molar-refractivity contribution in [3.8, 4) is 0 Å². The van der Waals surface area contributed by atoms with E-state index in [1.165, 1.54) is 10.9 Å². The molecule has 5 heteroatoms. The number of hydrogen-bond donors (Lipinski definition) is 2. The van der Waals surface area contributed by atoms with Crippen LogP contribution in [0.25, 0.3) is 10.9 Å². The molecule has 4 rings (SSSR count). The Labute approximate surface area is 170 Å². The van der Waals surface area contributed by atoms with Crippen molar-refractivity contribution in [2.24, 2.45) is 0 Å². The van der Waals surface area contributed by atoms with Crippen molar-refractivity contribution in [3.05, 3.63) is 70.9 Å². The molecule has 0 radical (unpaired) electrons. The van der Waals surface area contributed by atoms with Gasteiger partial charge in [0.25, 0.3) is 0 Å². The standard InChI is InChI=1S/C23H26ClN3O/c1-16(23(28)27-12-6-7-13-27)25-14-19(17-8-2-4-10-21(17)24)20-15-26-22-11-5-3-9-18(20)22/h2-5,8-11,15-16,19,25-26H,6-7,12-14H2,1H3/t16-,19-/m1/s1. The number of carbonyl (C=O) groups excluding carboxylic acids is 1. The Kier molecular flexibility index (Phi) is 5.69. The smallest absolute Gasteiger partial charge is 0.239 e. The van der Waals surface area contributed by atoms with Crippen LogP contribution in [0.1, 0.15) is 36.8 Å². The van der Waals surface area contributed by atoms with Gasteiger partial charge in [0.2, 0.25) is 5.91 Å². The molecule has 0 unspecified atom stereocenters. The fourth-order valence-electron chi connectivity index (χ4n) is 4.12. The summed E-state index contributed by atoms with van der Waals surface area (Å²) in [5.74, 6) is 0.244. The molecule has 2 aromatic carbocycles. The number of aromatic nitrogens is 1. The number of aromatic amines is 1. The highest BCUT2D eigenvalue weighted by molar-refractivity contribution is 6.31. The second kappa shape index (κ2) is 8.38. The van der Waals surface area contributed by atoms with E-state index in [9.17, 15) is 4.79 Å². The van der Waals surface area contributed by atoms with E-state index in [4.69, 9.17) is 11.6 Å². The number of para-hydroxylation sites is 1. The van der Waals surface area contributed by atoms with Gasteiger partial charge in [0.05, 0.1) is 6.04 Å². The number of halogens is 1. The fourth-order valence-corrected chi connectivity index (χ4v) is 4.39. The monoisotopic (exact) mass is 395 g/mol. The zero-order valence-electron chi connectivity index (χ0n) is 16.1. The van der Waals surface area contributed by atoms with Gasteiger partial charge in [0, 0.05) is 47.7 Å². The van der Waals surface area contributed by atoms with Gasteiger partial charge in [-0.2, -0.15) is 0 Å². The molecule has 1 saturated heterocycles. The maximum Gasteiger partial charge on any atom is 0.239 e. The summed E-state index contributed by atoms with van der Waals surface area (Å²) >= 11 is 6.56. The second-order valence-corrected chi connectivity index (χ2v) is 7.93. The minimum Gasteiger partial charge on any atom is -0.361 e. The molecule has 0 aliphatic carbocycles. The number of amides is 1. The normalized spacial score (nSPS) is 16.4. The number of likely N-dealkylation sites (tertiary alicyclic amines) is 1. The molecule has 2 atom stereocenters. The Morgan fingerprint density at radius 1 is 1.11 bits per heavy atom. The van der Waals surface area contributed by atoms with Crippen LogP contribution in [0, 0.1) is 0 Å². The Balaban J connectivity index is 1.60. The van der Waals surface area contributed by atoms with Crippen molar-refractivity contribution in [2.75, 3.05) is 19.6 Å². The van der Waals surface area contributed by atoms with Crippen molar-refractivity contribution in [1.82, 2.24) is 15.2 Å². The second-order valence-electron chi connectivity index (χ2n) is 7.53. The van der Waals surface area contributed by atoms with Crippen molar-refractivity contribution < 1.29 is 4.79 Å². The third-order valence-electron chi connectivity index (χ3n) is 5.69. The summed E-state index contributed by atoms with van der Waals surface area (Å²) in [4.78, 5) is 18.0. The first-order valence-electron chi connectivity index (χ1n) is 9.98. The number of benzene rings is 2. The average Bonchev–Trinajstić information content (AvgIpc) is 3.39. The van der Waals surface area contributed by atoms with Gasteiger partial charge < -0.3 is 15.2 Å². The van der Waals surface area contributed by atoms with Crippen LogP contribution in [-0.2, 0) is 4.79 Å². The molecule has 28 heavy (non-hydrogen) atoms. The first-order chi connectivity index (χ1) is 13.6. The largest absolute Gasteiger partial charge is 0.361 e. The average molecular weight is 396 g/mol. The number of fused-ring (bicyclic) bond motifs is 1. The molecule has 0 spiro atoms. The van der Waals surface area contributed by atoms with E-state index in [1.807, 2.05) is 36.1 Å². The number of rotatable bonds is 6. The molecule has 4 nitrogen and oxygen atoms in total. The number of carbonyl (C=O) groups is 1. The molecular formula is C23H26ClN3O. The Morgan fingerprint density at radius 3 is 2.61 bits per heavy atom. The zero-order valence-corrected chi connectivity index (χ0v) is 16.9. The topological polar surface area (TPSA) is 48.1 Å². The van der Waals surface area contributed by atoms with E-state index in [2.05, 4.69) is 40.8 Å². The lowest BCUT2D eigenvalue weighted by Gasteiger charge is -2.24. The third-order valence-corrected chi connectivity index (χ3v) is 6.04. The first-order valence-corrected chi connectivity index (χ1v) is 10.4. The highest BCUT2D eigenvalue weighted by Gasteiger charge is 2.25. The lowest BCUT2D eigenvalue weighted by atomic mass is 9.90. The zero-order chi connectivity index (χ0) is 19.5. The SMILES string of the molecule is C[C@@H](NC[C@H](c1ccccc1Cl)c1c[nH]c2ccccc12)C(=O)N1CCCC1. The van der Waals surface area contributed by atoms with Crippen LogP contribution in [-0.4, -0.2) is 41.5 Å². The predicted molar refractivity (Wildman–Crippen MR) is 115 cm³/mol. The molecule has 2 heterocycles. The molecule has 3 aromatic rings. The molecule has 1 aliphatic rings. The molecule has 1 fully saturated rings. The van der Waals surface area contributed by atoms with Crippen molar-refractivity contribution in [3.63, 3.8) is 0 Å². The molecular weight excluding hydrogens is 370 g/mol. The fraction of sp³-hybridized carbons (Fsp3) is 0.348. The van der Waals surface area contributed by atoms with Crippen LogP contribution >= 0.6 is 11.6 Å². The Bertz CT molecular complexity index is 961. The highest BCUT2D eigenvalue weighted by Crippen LogP contribution is 2.34. The van der Waals surface area contributed by atoms with Gasteiger partial charge in [0.15, 0.2) is 0 Å². The summed E-state index contributed by atoms with van der Waals surface area (Å²) in [5.41, 5.74) is 3.37. The predicted octanol–water partition coefficient (Wildman–Crippen LogP) is 4.55. The quantitative estimate of drug-likeness (QED) is 0.643. The molecule has 1 aromatic heterocycles. The summed E-state index contributed by atoms with van der Waals surface area (Å²) in [6, 6.07) is 16.0. The maximum absolute atomic E-state index is 12.7. The molecule has 146 valence electrons. The van der Waals surface area contributed by atoms with Crippen LogP contribution in [0.2, 0.25) is 5.02 Å². The molecule has 2 N–H and O–H groups in total. The van der Waals surface area contributed by atoms with E-state index < -0.39 is 0 Å². The summed E-state index contributed by atoms with van der Waals surface area (Å²) in [5, 5.41) is 5.41. The molecule has 1 aliphatic heterocycles. The van der Waals surface area contributed by atoms with Gasteiger partial charge in [0.1, 0.15) is 0 Å². The van der Waals surface area contributed by atoms with Gasteiger partial charge in [-0.15, -0.1) is 0 Å². The lowest BCUT2D eigenvalue weighted by Crippen LogP contribution is -2.44. The Morgan fingerprint density at radius 2 is 1.82 bits per heavy atom. The summed E-state index contributed by atoms with van der Waals surface area (Å²) in [6.07, 6.45) is 4.28. The summed E-state index contributed by atoms with van der Waals surface area (Å²) in [6.45, 7) is 4.36. The minimum atomic E-state index is -0.215. The Hall–Kier alpha value is -2.30. The number of hydrogen-bond acceptors (Lipinski definition) is 2. The molecule has 0 bridgehead atoms. The molecule has 1 amide bonds. The van der Waals surface area contributed by atoms with E-state index in [0.717, 1.165) is 42.0 Å². The third kappa shape index (κ3) is 3.80. The van der Waals surface area contributed by atoms with E-state index in [1.54, 1.807) is 0 Å². The van der Waals surface area contributed by atoms with Crippen LogP contribution in [0.3, 0.4) is 0 Å². The van der Waals surface area contributed by atoms with E-state index in [-0.39, 0.29) is 17.9 Å². The first kappa shape index (κ1) is 19.0. The van der Waals surface area contributed by atoms with Crippen LogP contribution < -0.4 is 5.32 Å². The number of nitrogens with zero attached hydrogens (tertiary/aromatic N) is 1. The van der Waals surface area contributed by atoms with Gasteiger partial charge in [-0.1, -0.05) is 48.0 Å². The number of H-pyrrole nitrogens is 1. The van der Waals surface area contributed by atoms with Gasteiger partial charge in [-0.25, -0.2) is 0 Å². The summed E-state index contributed by atoms with van der Waals surface area (Å²) < 4.78 is 0. The van der Waals surface area contributed by atoms with Crippen LogP contribution in [0.5, 0.6) is 0 Å². The minimum absolute atomic E-state index is 0.0543. The van der Waals surface area contributed by atoms with Gasteiger partial charge >= 0.3 is 0 Å². The van der Waals surface area contributed by atoms with E-state index in [0.29, 0.717) is 6.54 Å². The summed E-state index contributed by atoms with van der Waals surface area (Å²) in [7, 11) is 0. The molecule has 0 saturated carbocycles. The maximum atomic E-state index is 12.7. The highest BCUT2D eigenvalue weighted by atomic mass is 35.5. The van der Waals surface area contributed by atoms with Crippen LogP contribution in [0.4, 0.5) is 0 Å². The van der Waals surface area contributed by atoms with Crippen LogP contribution in [0.15, 0.2) is 54.7 Å². The lowest BCUT2D eigenvalue weighted by molar-refractivity contribution is -0.131.